The quantitative estimate of drug-likeness (QED) is 0.159. The molecular weight excluding hydrogens is 857 g/mol. The van der Waals surface area contributed by atoms with Crippen molar-refractivity contribution in [2.45, 2.75) is 57.8 Å². The van der Waals surface area contributed by atoms with Crippen LogP contribution >= 0.6 is 0 Å². The lowest BCUT2D eigenvalue weighted by Crippen LogP contribution is -2.30. The van der Waals surface area contributed by atoms with E-state index in [1.807, 2.05) is 0 Å². The van der Waals surface area contributed by atoms with Gasteiger partial charge in [0.25, 0.3) is 0 Å². The number of rotatable bonds is 5. The summed E-state index contributed by atoms with van der Waals surface area (Å²) in [4.78, 5) is 5.05. The van der Waals surface area contributed by atoms with Gasteiger partial charge < -0.3 is 9.80 Å². The second-order valence-corrected chi connectivity index (χ2v) is 21.1. The molecule has 2 nitrogen and oxygen atoms in total. The molecule has 0 aromatic heterocycles. The van der Waals surface area contributed by atoms with E-state index in [2.05, 4.69) is 256 Å². The Kier molecular flexibility index (Phi) is 9.20. The van der Waals surface area contributed by atoms with Gasteiger partial charge in [-0.1, -0.05) is 191 Å². The number of allylic oxidation sites excluding steroid dienone is 3. The topological polar surface area (TPSA) is 6.48 Å². The molecule has 0 radical (unpaired) electrons. The van der Waals surface area contributed by atoms with Gasteiger partial charge >= 0.3 is 0 Å². The molecule has 0 saturated heterocycles. The SMILES string of the molecule is CC1(C)c2ccccc2-c2ccc(-c3ccccc3-c3c4ccc(N5c6ccccc6C(C)(C)c6ccccc65)cc4c(-c4ccccc4)c4ccc(N5C6=C(CCC=C6)Cc6ccccc65)cc34)cc21. The Morgan fingerprint density at radius 2 is 0.930 bits per heavy atom. The van der Waals surface area contributed by atoms with Gasteiger partial charge in [0.2, 0.25) is 0 Å². The molecule has 2 heteroatoms. The molecule has 2 aliphatic heterocycles. The first-order valence-corrected chi connectivity index (χ1v) is 25.4. The van der Waals surface area contributed by atoms with Crippen LogP contribution in [0.4, 0.5) is 28.4 Å². The van der Waals surface area contributed by atoms with Crippen LogP contribution in [0.1, 0.15) is 68.4 Å². The molecule has 10 aromatic carbocycles. The number of benzene rings is 10. The van der Waals surface area contributed by atoms with Crippen LogP contribution in [-0.4, -0.2) is 0 Å². The maximum absolute atomic E-state index is 2.54. The first-order valence-electron chi connectivity index (χ1n) is 25.4. The molecule has 0 unspecified atom stereocenters. The molecule has 4 aliphatic rings. The molecule has 10 aromatic rings. The summed E-state index contributed by atoms with van der Waals surface area (Å²) in [5.41, 5.74) is 25.5. The highest BCUT2D eigenvalue weighted by molar-refractivity contribution is 6.23. The third kappa shape index (κ3) is 6.20. The van der Waals surface area contributed by atoms with Crippen LogP contribution in [-0.2, 0) is 17.3 Å². The van der Waals surface area contributed by atoms with Gasteiger partial charge in [-0.15, -0.1) is 0 Å². The van der Waals surface area contributed by atoms with Crippen LogP contribution in [0.15, 0.2) is 230 Å². The Morgan fingerprint density at radius 1 is 0.380 bits per heavy atom. The standard InChI is InChI=1S/C69H54N2/c1-68(2)58-27-13-12-25-51(58)52-37-34-45(41-61(52)68)50-24-10-11-26-53(50)67-55-39-36-49(71-64-32-18-14-28-59(64)69(3,4)60-29-15-19-33-65(60)71)42-56(55)66(44-20-6-5-7-21-44)54-38-35-48(43-57(54)67)70-62-30-16-8-22-46(62)40-47-23-9-17-31-63(47)70/h5-8,10-22,24-39,41-43H,9,23,40H2,1-4H3. The minimum Gasteiger partial charge on any atom is -0.310 e. The van der Waals surface area contributed by atoms with Crippen LogP contribution < -0.4 is 9.80 Å². The Morgan fingerprint density at radius 3 is 1.66 bits per heavy atom. The second-order valence-electron chi connectivity index (χ2n) is 21.1. The lowest BCUT2D eigenvalue weighted by molar-refractivity contribution is 0.632. The van der Waals surface area contributed by atoms with E-state index >= 15 is 0 Å². The van der Waals surface area contributed by atoms with Crippen LogP contribution in [0, 0.1) is 0 Å². The van der Waals surface area contributed by atoms with Gasteiger partial charge in [0, 0.05) is 33.6 Å². The number of fused-ring (bicyclic) bond motifs is 8. The van der Waals surface area contributed by atoms with Gasteiger partial charge in [-0.05, 0) is 173 Å². The molecule has 2 heterocycles. The van der Waals surface area contributed by atoms with Crippen molar-refractivity contribution in [2.24, 2.45) is 0 Å². The monoisotopic (exact) mass is 910 g/mol. The van der Waals surface area contributed by atoms with Crippen molar-refractivity contribution in [1.82, 2.24) is 0 Å². The Hall–Kier alpha value is -8.20. The van der Waals surface area contributed by atoms with Crippen molar-refractivity contribution in [3.05, 3.63) is 257 Å². The van der Waals surface area contributed by atoms with Crippen molar-refractivity contribution in [1.29, 1.82) is 0 Å². The summed E-state index contributed by atoms with van der Waals surface area (Å²) < 4.78 is 0. The van der Waals surface area contributed by atoms with E-state index in [-0.39, 0.29) is 10.8 Å². The number of nitrogens with zero attached hydrogens (tertiary/aromatic N) is 2. The average molecular weight is 911 g/mol. The largest absolute Gasteiger partial charge is 0.310 e. The molecule has 2 aliphatic carbocycles. The zero-order chi connectivity index (χ0) is 47.6. The molecule has 14 rings (SSSR count). The summed E-state index contributed by atoms with van der Waals surface area (Å²) in [6.07, 6.45) is 7.89. The fraction of sp³-hybridized carbons (Fsp3) is 0.130. The molecule has 0 bridgehead atoms. The smallest absolute Gasteiger partial charge is 0.0502 e. The maximum Gasteiger partial charge on any atom is 0.0502 e. The third-order valence-corrected chi connectivity index (χ3v) is 16.5. The fourth-order valence-electron chi connectivity index (χ4n) is 13.1. The molecule has 0 fully saturated rings. The van der Waals surface area contributed by atoms with E-state index in [9.17, 15) is 0 Å². The van der Waals surface area contributed by atoms with E-state index in [0.717, 1.165) is 24.9 Å². The molecule has 0 amide bonds. The predicted molar refractivity (Wildman–Crippen MR) is 300 cm³/mol. The average Bonchev–Trinajstić information content (AvgIpc) is 3.64. The van der Waals surface area contributed by atoms with E-state index in [1.165, 1.54) is 128 Å². The molecule has 0 saturated carbocycles. The summed E-state index contributed by atoms with van der Waals surface area (Å²) in [5.74, 6) is 0. The minimum absolute atomic E-state index is 0.119. The second kappa shape index (κ2) is 15.7. The van der Waals surface area contributed by atoms with E-state index in [0.29, 0.717) is 0 Å². The van der Waals surface area contributed by atoms with Gasteiger partial charge in [0.05, 0.1) is 11.4 Å². The van der Waals surface area contributed by atoms with Gasteiger partial charge in [0.15, 0.2) is 0 Å². The highest BCUT2D eigenvalue weighted by Gasteiger charge is 2.38. The lowest BCUT2D eigenvalue weighted by Gasteiger charge is -2.42. The van der Waals surface area contributed by atoms with Crippen molar-refractivity contribution in [3.8, 4) is 44.5 Å². The maximum atomic E-state index is 2.54. The van der Waals surface area contributed by atoms with Crippen molar-refractivity contribution in [2.75, 3.05) is 9.80 Å². The van der Waals surface area contributed by atoms with E-state index in [4.69, 9.17) is 0 Å². The summed E-state index contributed by atoms with van der Waals surface area (Å²) in [6, 6.07) is 78.1. The van der Waals surface area contributed by atoms with Gasteiger partial charge in [-0.25, -0.2) is 0 Å². The predicted octanol–water partition coefficient (Wildman–Crippen LogP) is 18.7. The van der Waals surface area contributed by atoms with Gasteiger partial charge in [-0.3, -0.25) is 0 Å². The summed E-state index contributed by atoms with van der Waals surface area (Å²) in [6.45, 7) is 9.50. The molecule has 71 heavy (non-hydrogen) atoms. The first-order chi connectivity index (χ1) is 34.8. The van der Waals surface area contributed by atoms with Gasteiger partial charge in [-0.2, -0.15) is 0 Å². The molecule has 0 N–H and O–H groups in total. The van der Waals surface area contributed by atoms with E-state index in [1.54, 1.807) is 0 Å². The number of anilines is 5. The van der Waals surface area contributed by atoms with Crippen LogP contribution in [0.2, 0.25) is 0 Å². The Labute approximate surface area is 417 Å². The molecule has 0 spiro atoms. The number of hydrogen-bond acceptors (Lipinski definition) is 2. The Bertz CT molecular complexity index is 3870. The van der Waals surface area contributed by atoms with Crippen molar-refractivity contribution in [3.63, 3.8) is 0 Å². The normalized spacial score (nSPS) is 15.8. The highest BCUT2D eigenvalue weighted by Crippen LogP contribution is 2.55. The first kappa shape index (κ1) is 41.7. The third-order valence-electron chi connectivity index (χ3n) is 16.5. The summed E-state index contributed by atoms with van der Waals surface area (Å²) in [7, 11) is 0. The molecular formula is C69H54N2. The van der Waals surface area contributed by atoms with Crippen LogP contribution in [0.25, 0.3) is 66.1 Å². The lowest BCUT2D eigenvalue weighted by atomic mass is 9.73. The summed E-state index contributed by atoms with van der Waals surface area (Å²) >= 11 is 0. The summed E-state index contributed by atoms with van der Waals surface area (Å²) in [5, 5.41) is 4.93. The zero-order valence-corrected chi connectivity index (χ0v) is 40.8. The fourth-order valence-corrected chi connectivity index (χ4v) is 13.1. The minimum atomic E-state index is -0.158. The van der Waals surface area contributed by atoms with Gasteiger partial charge in [0.1, 0.15) is 0 Å². The van der Waals surface area contributed by atoms with Crippen molar-refractivity contribution >= 4 is 50.0 Å². The van der Waals surface area contributed by atoms with Crippen molar-refractivity contribution < 1.29 is 0 Å². The van der Waals surface area contributed by atoms with Crippen LogP contribution in [0.5, 0.6) is 0 Å². The number of hydrogen-bond donors (Lipinski definition) is 0. The Balaban J connectivity index is 1.08. The molecule has 340 valence electrons. The van der Waals surface area contributed by atoms with E-state index < -0.39 is 0 Å². The molecule has 0 atom stereocenters. The zero-order valence-electron chi connectivity index (χ0n) is 40.8. The number of para-hydroxylation sites is 3. The highest BCUT2D eigenvalue weighted by atomic mass is 15.2. The van der Waals surface area contributed by atoms with Crippen LogP contribution in [0.3, 0.4) is 0 Å².